The van der Waals surface area contributed by atoms with E-state index in [1.807, 2.05) is 30.3 Å². The number of hydrogen-bond acceptors (Lipinski definition) is 5. The Kier molecular flexibility index (Phi) is 11.3. The number of amides is 1. The zero-order valence-corrected chi connectivity index (χ0v) is 19.6. The average Bonchev–Trinajstić information content (AvgIpc) is 2.80. The molecule has 0 saturated heterocycles. The third kappa shape index (κ3) is 9.88. The van der Waals surface area contributed by atoms with Crippen LogP contribution in [0.3, 0.4) is 0 Å². The van der Waals surface area contributed by atoms with E-state index < -0.39 is 32.1 Å². The van der Waals surface area contributed by atoms with E-state index in [9.17, 15) is 24.2 Å². The van der Waals surface area contributed by atoms with Crippen LogP contribution in [0.5, 0.6) is 0 Å². The quantitative estimate of drug-likeness (QED) is 0.263. The number of carboxylic acid groups (broad SMARTS) is 1. The van der Waals surface area contributed by atoms with Crippen LogP contribution in [0.15, 0.2) is 60.7 Å². The molecule has 0 aliphatic carbocycles. The monoisotopic (exact) mass is 476 g/mol. The van der Waals surface area contributed by atoms with Crippen molar-refractivity contribution >= 4 is 25.2 Å². The van der Waals surface area contributed by atoms with Crippen molar-refractivity contribution in [1.29, 1.82) is 0 Å². The molecule has 33 heavy (non-hydrogen) atoms. The van der Waals surface area contributed by atoms with Crippen LogP contribution in [0.1, 0.15) is 37.7 Å². The first-order valence-corrected chi connectivity index (χ1v) is 12.9. The molecule has 0 aliphatic heterocycles. The Morgan fingerprint density at radius 3 is 2.21 bits per heavy atom. The summed E-state index contributed by atoms with van der Waals surface area (Å²) in [6.45, 7) is -0.166. The summed E-state index contributed by atoms with van der Waals surface area (Å²) in [4.78, 5) is 36.1. The molecule has 2 aromatic rings. The number of unbranched alkanes of at least 4 members (excludes halogenated alkanes) is 2. The van der Waals surface area contributed by atoms with E-state index in [1.54, 1.807) is 30.3 Å². The van der Waals surface area contributed by atoms with Crippen LogP contribution in [0, 0.1) is 0 Å². The molecular weight excluding hydrogens is 443 g/mol. The van der Waals surface area contributed by atoms with Gasteiger partial charge in [-0.15, -0.1) is 0 Å². The number of hydrogen-bond donors (Lipinski definition) is 3. The maximum absolute atomic E-state index is 13.2. The largest absolute Gasteiger partial charge is 0.480 e. The van der Waals surface area contributed by atoms with E-state index in [2.05, 4.69) is 0 Å². The topological polar surface area (TPSA) is 130 Å². The van der Waals surface area contributed by atoms with E-state index in [0.717, 1.165) is 16.9 Å². The lowest BCUT2D eigenvalue weighted by Crippen LogP contribution is -2.43. The van der Waals surface area contributed by atoms with Gasteiger partial charge in [0.2, 0.25) is 0 Å². The Morgan fingerprint density at radius 2 is 1.61 bits per heavy atom. The van der Waals surface area contributed by atoms with Crippen molar-refractivity contribution in [3.8, 4) is 0 Å². The van der Waals surface area contributed by atoms with Crippen LogP contribution in [-0.2, 0) is 25.1 Å². The van der Waals surface area contributed by atoms with Crippen LogP contribution in [0.2, 0.25) is 0 Å². The Labute approximate surface area is 194 Å². The summed E-state index contributed by atoms with van der Waals surface area (Å²) in [6.07, 6.45) is 1.93. The van der Waals surface area contributed by atoms with Crippen molar-refractivity contribution in [1.82, 2.24) is 0 Å². The smallest absolute Gasteiger partial charge is 0.328 e. The maximum Gasteiger partial charge on any atom is 0.328 e. The van der Waals surface area contributed by atoms with Crippen LogP contribution in [0.25, 0.3) is 0 Å². The van der Waals surface area contributed by atoms with E-state index >= 15 is 0 Å². The summed E-state index contributed by atoms with van der Waals surface area (Å²) in [5, 5.41) is 9.30. The van der Waals surface area contributed by atoms with E-state index in [4.69, 9.17) is 10.3 Å². The van der Waals surface area contributed by atoms with Crippen LogP contribution < -0.4 is 10.6 Å². The molecule has 1 amide bonds. The van der Waals surface area contributed by atoms with Crippen LogP contribution in [-0.4, -0.2) is 47.2 Å². The normalized spacial score (nSPS) is 13.8. The van der Waals surface area contributed by atoms with Crippen molar-refractivity contribution in [2.24, 2.45) is 5.73 Å². The zero-order chi connectivity index (χ0) is 24.1. The highest BCUT2D eigenvalue weighted by molar-refractivity contribution is 7.52. The lowest BCUT2D eigenvalue weighted by Gasteiger charge is -2.27. The summed E-state index contributed by atoms with van der Waals surface area (Å²) in [5.74, 6) is -1.85. The van der Waals surface area contributed by atoms with Crippen molar-refractivity contribution in [3.63, 3.8) is 0 Å². The van der Waals surface area contributed by atoms with Crippen molar-refractivity contribution in [2.75, 3.05) is 24.2 Å². The first-order chi connectivity index (χ1) is 15.8. The van der Waals surface area contributed by atoms with Gasteiger partial charge in [-0.25, -0.2) is 0 Å². The van der Waals surface area contributed by atoms with Gasteiger partial charge in [0.05, 0.1) is 6.16 Å². The van der Waals surface area contributed by atoms with E-state index in [-0.39, 0.29) is 12.6 Å². The van der Waals surface area contributed by atoms with Crippen LogP contribution in [0.4, 0.5) is 5.69 Å². The SMILES string of the molecule is NCCCC[C@H](OP(=O)(O)CCCCc1ccccc1)C(=O)N(CC(=O)O)c1ccccc1. The average molecular weight is 477 g/mol. The predicted octanol–water partition coefficient (Wildman–Crippen LogP) is 3.83. The number of para-hydroxylation sites is 1. The molecule has 4 N–H and O–H groups in total. The fourth-order valence-corrected chi connectivity index (χ4v) is 4.77. The minimum absolute atomic E-state index is 0.0786. The number of nitrogens with two attached hydrogens (primary N) is 1. The second kappa shape index (κ2) is 13.9. The lowest BCUT2D eigenvalue weighted by atomic mass is 10.1. The first-order valence-electron chi connectivity index (χ1n) is 11.1. The molecule has 0 radical (unpaired) electrons. The summed E-state index contributed by atoms with van der Waals surface area (Å²) in [5.41, 5.74) is 7.07. The van der Waals surface area contributed by atoms with Gasteiger partial charge < -0.3 is 15.7 Å². The van der Waals surface area contributed by atoms with Gasteiger partial charge >= 0.3 is 13.6 Å². The second-order valence-corrected chi connectivity index (χ2v) is 9.77. The summed E-state index contributed by atoms with van der Waals surface area (Å²) in [7, 11) is -4.06. The molecule has 1 unspecified atom stereocenters. The minimum atomic E-state index is -4.06. The molecule has 0 aliphatic rings. The van der Waals surface area contributed by atoms with Crippen molar-refractivity contribution in [3.05, 3.63) is 66.2 Å². The molecule has 2 atom stereocenters. The molecule has 0 heterocycles. The van der Waals surface area contributed by atoms with E-state index in [0.29, 0.717) is 37.9 Å². The zero-order valence-electron chi connectivity index (χ0n) is 18.7. The second-order valence-electron chi connectivity index (χ2n) is 7.84. The molecule has 0 bridgehead atoms. The Hall–Kier alpha value is -2.51. The fraction of sp³-hybridized carbons (Fsp3) is 0.417. The molecule has 9 heteroatoms. The van der Waals surface area contributed by atoms with Gasteiger partial charge in [0.1, 0.15) is 12.6 Å². The molecule has 0 spiro atoms. The summed E-state index contributed by atoms with van der Waals surface area (Å²) < 4.78 is 18.2. The number of carbonyl (C=O) groups is 2. The Bertz CT molecular complexity index is 910. The highest BCUT2D eigenvalue weighted by Gasteiger charge is 2.33. The molecule has 0 saturated carbocycles. The lowest BCUT2D eigenvalue weighted by molar-refractivity contribution is -0.137. The van der Waals surface area contributed by atoms with Gasteiger partial charge in [0, 0.05) is 5.69 Å². The third-order valence-electron chi connectivity index (χ3n) is 5.11. The molecule has 0 fully saturated rings. The number of aryl methyl sites for hydroxylation is 1. The summed E-state index contributed by atoms with van der Waals surface area (Å²) >= 11 is 0. The number of anilines is 1. The first kappa shape index (κ1) is 26.7. The fourth-order valence-electron chi connectivity index (χ4n) is 3.45. The van der Waals surface area contributed by atoms with Gasteiger partial charge in [0.15, 0.2) is 0 Å². The van der Waals surface area contributed by atoms with Gasteiger partial charge in [-0.1, -0.05) is 48.5 Å². The van der Waals surface area contributed by atoms with Crippen molar-refractivity contribution in [2.45, 2.75) is 44.6 Å². The minimum Gasteiger partial charge on any atom is -0.480 e. The molecule has 180 valence electrons. The van der Waals surface area contributed by atoms with Gasteiger partial charge in [0.25, 0.3) is 5.91 Å². The molecule has 2 aromatic carbocycles. The number of nitrogens with zero attached hydrogens (tertiary/aromatic N) is 1. The molecular formula is C24H33N2O6P. The molecule has 2 rings (SSSR count). The summed E-state index contributed by atoms with van der Waals surface area (Å²) in [6, 6.07) is 18.2. The highest BCUT2D eigenvalue weighted by atomic mass is 31.2. The molecule has 8 nitrogen and oxygen atoms in total. The number of aliphatic carboxylic acids is 1. The predicted molar refractivity (Wildman–Crippen MR) is 128 cm³/mol. The van der Waals surface area contributed by atoms with Crippen molar-refractivity contribution < 1.29 is 28.7 Å². The van der Waals surface area contributed by atoms with Gasteiger partial charge in [-0.2, -0.15) is 0 Å². The maximum atomic E-state index is 13.2. The van der Waals surface area contributed by atoms with Crippen LogP contribution >= 0.6 is 7.60 Å². The molecule has 0 aromatic heterocycles. The highest BCUT2D eigenvalue weighted by Crippen LogP contribution is 2.45. The number of carboxylic acids is 1. The Morgan fingerprint density at radius 1 is 0.970 bits per heavy atom. The van der Waals surface area contributed by atoms with Gasteiger partial charge in [-0.3, -0.25) is 23.6 Å². The van der Waals surface area contributed by atoms with Gasteiger partial charge in [-0.05, 0) is 62.8 Å². The van der Waals surface area contributed by atoms with E-state index in [1.165, 1.54) is 0 Å². The Balaban J connectivity index is 2.06. The third-order valence-corrected chi connectivity index (χ3v) is 6.58. The number of carbonyl (C=O) groups excluding carboxylic acids is 1. The number of benzene rings is 2. The number of rotatable bonds is 15. The standard InChI is InChI=1S/C24H33N2O6P/c25-17-9-7-16-22(24(29)26(19-23(27)28)21-14-5-2-6-15-21)32-33(30,31)18-10-8-13-20-11-3-1-4-12-20/h1-6,11-12,14-15,22H,7-10,13,16-19,25H2,(H,27,28)(H,30,31)/t22-/m0/s1.